The van der Waals surface area contributed by atoms with Gasteiger partial charge in [0.2, 0.25) is 11.1 Å². The first-order chi connectivity index (χ1) is 11.6. The molecule has 2 rings (SSSR count). The van der Waals surface area contributed by atoms with Crippen LogP contribution >= 0.6 is 23.4 Å². The number of thioether (sulfide) groups is 1. The van der Waals surface area contributed by atoms with Crippen LogP contribution in [0.5, 0.6) is 0 Å². The Bertz CT molecular complexity index is 778. The van der Waals surface area contributed by atoms with E-state index in [-0.39, 0.29) is 22.4 Å². The molecule has 1 aromatic heterocycles. The van der Waals surface area contributed by atoms with Crippen molar-refractivity contribution < 1.29 is 18.0 Å². The van der Waals surface area contributed by atoms with Gasteiger partial charge >= 0.3 is 6.18 Å². The molecular formula is C14H15ClF3N5OS. The highest BCUT2D eigenvalue weighted by molar-refractivity contribution is 7.99. The number of halogens is 4. The third kappa shape index (κ3) is 4.79. The van der Waals surface area contributed by atoms with E-state index in [1.165, 1.54) is 4.68 Å². The third-order valence-electron chi connectivity index (χ3n) is 3.11. The smallest absolute Gasteiger partial charge is 0.336 e. The highest BCUT2D eigenvalue weighted by Crippen LogP contribution is 2.33. The number of nitrogens with two attached hydrogens (primary N) is 1. The lowest BCUT2D eigenvalue weighted by Gasteiger charge is -2.11. The molecule has 1 aromatic carbocycles. The maximum Gasteiger partial charge on any atom is 0.416 e. The topological polar surface area (TPSA) is 85.8 Å². The molecule has 0 fully saturated rings. The van der Waals surface area contributed by atoms with Gasteiger partial charge < -0.3 is 11.2 Å². The number of anilines is 1. The number of aromatic nitrogens is 3. The fraction of sp³-hybridized carbons (Fsp3) is 0.357. The van der Waals surface area contributed by atoms with Crippen molar-refractivity contribution in [2.75, 3.05) is 16.9 Å². The summed E-state index contributed by atoms with van der Waals surface area (Å²) < 4.78 is 39.5. The van der Waals surface area contributed by atoms with Gasteiger partial charge in [-0.1, -0.05) is 37.2 Å². The first-order valence-corrected chi connectivity index (χ1v) is 8.45. The summed E-state index contributed by atoms with van der Waals surface area (Å²) in [5.74, 6) is 5.79. The van der Waals surface area contributed by atoms with Crippen LogP contribution < -0.4 is 11.2 Å². The molecule has 136 valence electrons. The van der Waals surface area contributed by atoms with E-state index in [1.54, 1.807) is 0 Å². The monoisotopic (exact) mass is 393 g/mol. The van der Waals surface area contributed by atoms with Crippen molar-refractivity contribution in [1.82, 2.24) is 14.9 Å². The van der Waals surface area contributed by atoms with Crippen LogP contribution in [0.3, 0.4) is 0 Å². The second kappa shape index (κ2) is 7.52. The molecule has 0 saturated carbocycles. The number of hydrogen-bond donors (Lipinski definition) is 2. The summed E-state index contributed by atoms with van der Waals surface area (Å²) in [6.45, 7) is 3.79. The van der Waals surface area contributed by atoms with Crippen LogP contribution in [-0.4, -0.2) is 26.5 Å². The Morgan fingerprint density at radius 2 is 2.08 bits per heavy atom. The Kier molecular flexibility index (Phi) is 5.83. The van der Waals surface area contributed by atoms with Gasteiger partial charge in [-0.2, -0.15) is 13.2 Å². The van der Waals surface area contributed by atoms with Gasteiger partial charge in [0.15, 0.2) is 5.82 Å². The molecule has 0 saturated heterocycles. The lowest BCUT2D eigenvalue weighted by molar-refractivity contribution is -0.137. The van der Waals surface area contributed by atoms with Crippen LogP contribution in [0.1, 0.15) is 31.2 Å². The Labute approximate surface area is 150 Å². The van der Waals surface area contributed by atoms with Gasteiger partial charge in [-0.25, -0.2) is 4.68 Å². The molecule has 2 aromatic rings. The molecule has 6 nitrogen and oxygen atoms in total. The standard InChI is InChI=1S/C14H15ClF3N5OS/c1-7(2)12-21-22-13(23(12)19)25-6-11(24)20-10-5-8(14(16,17)18)3-4-9(10)15/h3-5,7H,6,19H2,1-2H3,(H,20,24). The summed E-state index contributed by atoms with van der Waals surface area (Å²) >= 11 is 6.85. The van der Waals surface area contributed by atoms with Crippen LogP contribution in [0.4, 0.5) is 18.9 Å². The molecule has 0 bridgehead atoms. The van der Waals surface area contributed by atoms with Gasteiger partial charge in [0.05, 0.1) is 22.0 Å². The fourth-order valence-electron chi connectivity index (χ4n) is 1.89. The maximum absolute atomic E-state index is 12.7. The first-order valence-electron chi connectivity index (χ1n) is 7.09. The minimum atomic E-state index is -4.53. The van der Waals surface area contributed by atoms with E-state index >= 15 is 0 Å². The van der Waals surface area contributed by atoms with Gasteiger partial charge in [0, 0.05) is 5.92 Å². The summed E-state index contributed by atoms with van der Waals surface area (Å²) in [5, 5.41) is 10.5. The average Bonchev–Trinajstić information content (AvgIpc) is 2.87. The van der Waals surface area contributed by atoms with Crippen LogP contribution in [0, 0.1) is 0 Å². The van der Waals surface area contributed by atoms with Gasteiger partial charge in [0.1, 0.15) is 0 Å². The van der Waals surface area contributed by atoms with Crippen molar-refractivity contribution in [3.63, 3.8) is 0 Å². The minimum absolute atomic E-state index is 0.00966. The van der Waals surface area contributed by atoms with Gasteiger partial charge in [0.25, 0.3) is 0 Å². The Morgan fingerprint density at radius 3 is 2.64 bits per heavy atom. The number of alkyl halides is 3. The maximum atomic E-state index is 12.7. The van der Waals surface area contributed by atoms with Crippen molar-refractivity contribution in [3.8, 4) is 0 Å². The van der Waals surface area contributed by atoms with Crippen molar-refractivity contribution in [2.45, 2.75) is 31.1 Å². The summed E-state index contributed by atoms with van der Waals surface area (Å²) in [4.78, 5) is 12.0. The zero-order valence-corrected chi connectivity index (χ0v) is 14.8. The largest absolute Gasteiger partial charge is 0.416 e. The highest BCUT2D eigenvalue weighted by Gasteiger charge is 2.31. The quantitative estimate of drug-likeness (QED) is 0.599. The number of amides is 1. The fourth-order valence-corrected chi connectivity index (χ4v) is 2.72. The number of nitrogens with zero attached hydrogens (tertiary/aromatic N) is 3. The Morgan fingerprint density at radius 1 is 1.40 bits per heavy atom. The summed E-state index contributed by atoms with van der Waals surface area (Å²) in [6, 6.07) is 2.71. The molecule has 1 heterocycles. The van der Waals surface area contributed by atoms with Crippen molar-refractivity contribution in [2.24, 2.45) is 0 Å². The molecule has 0 spiro atoms. The van der Waals surface area contributed by atoms with Crippen molar-refractivity contribution >= 4 is 35.0 Å². The highest BCUT2D eigenvalue weighted by atomic mass is 35.5. The zero-order valence-electron chi connectivity index (χ0n) is 13.3. The lowest BCUT2D eigenvalue weighted by atomic mass is 10.2. The number of carbonyl (C=O) groups excluding carboxylic acids is 1. The minimum Gasteiger partial charge on any atom is -0.336 e. The lowest BCUT2D eigenvalue weighted by Crippen LogP contribution is -2.18. The van der Waals surface area contributed by atoms with E-state index in [2.05, 4.69) is 15.5 Å². The van der Waals surface area contributed by atoms with Gasteiger partial charge in [-0.05, 0) is 18.2 Å². The normalized spacial score (nSPS) is 11.8. The predicted octanol–water partition coefficient (Wildman–Crippen LogP) is 3.52. The third-order valence-corrected chi connectivity index (χ3v) is 4.38. The van der Waals surface area contributed by atoms with Crippen LogP contribution in [0.2, 0.25) is 5.02 Å². The second-order valence-electron chi connectivity index (χ2n) is 5.39. The van der Waals surface area contributed by atoms with Gasteiger partial charge in [-0.15, -0.1) is 10.2 Å². The number of nitrogens with one attached hydrogen (secondary N) is 1. The number of rotatable bonds is 5. The molecule has 0 aliphatic rings. The number of hydrogen-bond acceptors (Lipinski definition) is 5. The molecule has 0 aliphatic carbocycles. The molecule has 0 atom stereocenters. The molecule has 25 heavy (non-hydrogen) atoms. The first kappa shape index (κ1) is 19.4. The summed E-state index contributed by atoms with van der Waals surface area (Å²) in [6.07, 6.45) is -4.53. The van der Waals surface area contributed by atoms with Crippen LogP contribution in [-0.2, 0) is 11.0 Å². The van der Waals surface area contributed by atoms with E-state index in [4.69, 9.17) is 17.4 Å². The average molecular weight is 394 g/mol. The second-order valence-corrected chi connectivity index (χ2v) is 6.74. The van der Waals surface area contributed by atoms with E-state index in [9.17, 15) is 18.0 Å². The van der Waals surface area contributed by atoms with E-state index in [0.29, 0.717) is 11.0 Å². The SMILES string of the molecule is CC(C)c1nnc(SCC(=O)Nc2cc(C(F)(F)F)ccc2Cl)n1N. The zero-order chi connectivity index (χ0) is 18.8. The molecule has 0 radical (unpaired) electrons. The van der Waals surface area contributed by atoms with Crippen molar-refractivity contribution in [1.29, 1.82) is 0 Å². The Hall–Kier alpha value is -1.94. The van der Waals surface area contributed by atoms with Crippen LogP contribution in [0.15, 0.2) is 23.4 Å². The van der Waals surface area contributed by atoms with Gasteiger partial charge in [-0.3, -0.25) is 4.79 Å². The molecule has 0 unspecified atom stereocenters. The molecule has 11 heteroatoms. The molecule has 1 amide bonds. The van der Waals surface area contributed by atoms with E-state index in [0.717, 1.165) is 30.0 Å². The number of benzene rings is 1. The van der Waals surface area contributed by atoms with Crippen molar-refractivity contribution in [3.05, 3.63) is 34.6 Å². The Balaban J connectivity index is 2.04. The molecular weight excluding hydrogens is 379 g/mol. The summed E-state index contributed by atoms with van der Waals surface area (Å²) in [5.41, 5.74) is -1.01. The number of nitrogen functional groups attached to an aromatic ring is 1. The molecule has 3 N–H and O–H groups in total. The summed E-state index contributed by atoms with van der Waals surface area (Å²) in [7, 11) is 0. The van der Waals surface area contributed by atoms with E-state index in [1.807, 2.05) is 13.8 Å². The number of carbonyl (C=O) groups is 1. The molecule has 0 aliphatic heterocycles. The van der Waals surface area contributed by atoms with E-state index < -0.39 is 17.6 Å². The van der Waals surface area contributed by atoms with Crippen LogP contribution in [0.25, 0.3) is 0 Å². The predicted molar refractivity (Wildman–Crippen MR) is 90.1 cm³/mol.